The molecule has 0 amide bonds. The number of hydrogen-bond acceptors (Lipinski definition) is 5. The van der Waals surface area contributed by atoms with Crippen LogP contribution in [0.1, 0.15) is 59.2 Å². The van der Waals surface area contributed by atoms with Gasteiger partial charge in [0, 0.05) is 5.71 Å². The molecule has 5 nitrogen and oxygen atoms in total. The van der Waals surface area contributed by atoms with E-state index < -0.39 is 5.38 Å². The van der Waals surface area contributed by atoms with Gasteiger partial charge in [-0.3, -0.25) is 4.99 Å². The molecule has 0 aliphatic heterocycles. The van der Waals surface area contributed by atoms with Crippen molar-refractivity contribution in [2.75, 3.05) is 0 Å². The molecule has 24 heavy (non-hydrogen) atoms. The molecule has 2 unspecified atom stereocenters. The normalized spacial score (nSPS) is 15.5. The first kappa shape index (κ1) is 20.3. The van der Waals surface area contributed by atoms with Gasteiger partial charge in [0.05, 0.1) is 6.04 Å². The summed E-state index contributed by atoms with van der Waals surface area (Å²) >= 11 is 6.41. The second-order valence-electron chi connectivity index (χ2n) is 5.96. The molecule has 6 heteroatoms. The van der Waals surface area contributed by atoms with Gasteiger partial charge in [-0.2, -0.15) is 0 Å². The molecule has 0 aliphatic carbocycles. The Bertz CT molecular complexity index is 631. The molecule has 0 aliphatic rings. The maximum absolute atomic E-state index is 7.88. The van der Waals surface area contributed by atoms with Crippen molar-refractivity contribution in [2.45, 2.75) is 58.9 Å². The molecule has 0 saturated heterocycles. The summed E-state index contributed by atoms with van der Waals surface area (Å²) in [6.07, 6.45) is 5.47. The number of allylic oxidation sites excluding steroid dienone is 1. The molecular weight excluding hydrogens is 324 g/mol. The first-order valence-corrected chi connectivity index (χ1v) is 8.68. The topological polar surface area (TPSA) is 75.1 Å². The highest BCUT2D eigenvalue weighted by Gasteiger charge is 2.25. The number of aromatic nitrogens is 2. The van der Waals surface area contributed by atoms with Crippen molar-refractivity contribution in [3.05, 3.63) is 30.0 Å². The highest BCUT2D eigenvalue weighted by atomic mass is 35.5. The van der Waals surface area contributed by atoms with E-state index in [0.29, 0.717) is 17.5 Å². The van der Waals surface area contributed by atoms with Crippen molar-refractivity contribution >= 4 is 29.1 Å². The quantitative estimate of drug-likeness (QED) is 0.390. The number of nitrogens with one attached hydrogen (secondary N) is 1. The molecule has 0 radical (unpaired) electrons. The third kappa shape index (κ3) is 5.13. The summed E-state index contributed by atoms with van der Waals surface area (Å²) in [5.74, 6) is 0.931. The molecule has 0 bridgehead atoms. The summed E-state index contributed by atoms with van der Waals surface area (Å²) in [5, 5.41) is 15.1. The Kier molecular flexibility index (Phi) is 8.05. The SMILES string of the molecule is C=Cc1nnc(C(=NC(CCC)/C(=C\C)C(C)C)C(Cl)C(C)=N)o1. The standard InChI is InChI=1S/C18H27ClN4O/c1-7-10-14(13(8-2)11(4)5)21-17(16(19)12(6)20)18-23-22-15(9-3)24-18/h8-9,11,14,16,20H,3,7,10H2,1-2,4-6H3/b13-8-,20-12?,21-17?. The second-order valence-corrected chi connectivity index (χ2v) is 6.39. The Morgan fingerprint density at radius 3 is 2.50 bits per heavy atom. The summed E-state index contributed by atoms with van der Waals surface area (Å²) in [6, 6.07) is -0.0188. The smallest absolute Gasteiger partial charge is 0.263 e. The lowest BCUT2D eigenvalue weighted by Crippen LogP contribution is -2.27. The first-order chi connectivity index (χ1) is 11.3. The van der Waals surface area contributed by atoms with Crippen molar-refractivity contribution in [1.82, 2.24) is 10.2 Å². The highest BCUT2D eigenvalue weighted by Crippen LogP contribution is 2.23. The Balaban J connectivity index is 3.40. The molecule has 1 aromatic rings. The summed E-state index contributed by atoms with van der Waals surface area (Å²) in [4.78, 5) is 4.84. The lowest BCUT2D eigenvalue weighted by atomic mass is 9.92. The molecule has 1 heterocycles. The van der Waals surface area contributed by atoms with Gasteiger partial charge < -0.3 is 9.83 Å². The Labute approximate surface area is 149 Å². The molecule has 0 aromatic carbocycles. The number of nitrogens with zero attached hydrogens (tertiary/aromatic N) is 3. The van der Waals surface area contributed by atoms with Crippen LogP contribution >= 0.6 is 11.6 Å². The molecule has 0 saturated carbocycles. The monoisotopic (exact) mass is 350 g/mol. The Morgan fingerprint density at radius 2 is 2.08 bits per heavy atom. The van der Waals surface area contributed by atoms with Crippen molar-refractivity contribution in [1.29, 1.82) is 5.41 Å². The zero-order chi connectivity index (χ0) is 18.3. The number of aliphatic imine (C=N–C) groups is 1. The van der Waals surface area contributed by atoms with Crippen LogP contribution in [0, 0.1) is 11.3 Å². The van der Waals surface area contributed by atoms with Gasteiger partial charge in [-0.1, -0.05) is 39.8 Å². The van der Waals surface area contributed by atoms with Crippen LogP contribution in [0.15, 0.2) is 27.6 Å². The first-order valence-electron chi connectivity index (χ1n) is 8.24. The van der Waals surface area contributed by atoms with E-state index in [1.165, 1.54) is 11.6 Å². The van der Waals surface area contributed by atoms with Crippen LogP contribution < -0.4 is 0 Å². The van der Waals surface area contributed by atoms with E-state index in [2.05, 4.69) is 43.6 Å². The van der Waals surface area contributed by atoms with Crippen LogP contribution in [0.25, 0.3) is 6.08 Å². The van der Waals surface area contributed by atoms with Gasteiger partial charge in [-0.05, 0) is 37.8 Å². The molecular formula is C18H27ClN4O. The van der Waals surface area contributed by atoms with E-state index in [0.717, 1.165) is 12.8 Å². The zero-order valence-corrected chi connectivity index (χ0v) is 15.9. The van der Waals surface area contributed by atoms with Gasteiger partial charge in [-0.25, -0.2) is 0 Å². The third-order valence-corrected chi connectivity index (χ3v) is 4.23. The average Bonchev–Trinajstić information content (AvgIpc) is 3.00. The number of hydrogen-bond donors (Lipinski definition) is 1. The fourth-order valence-electron chi connectivity index (χ4n) is 2.51. The molecule has 1 N–H and O–H groups in total. The van der Waals surface area contributed by atoms with E-state index in [9.17, 15) is 0 Å². The summed E-state index contributed by atoms with van der Waals surface area (Å²) in [5.41, 5.74) is 1.98. The molecule has 2 atom stereocenters. The molecule has 132 valence electrons. The van der Waals surface area contributed by atoms with Crippen molar-refractivity contribution in [3.63, 3.8) is 0 Å². The van der Waals surface area contributed by atoms with Gasteiger partial charge in [0.1, 0.15) is 11.1 Å². The van der Waals surface area contributed by atoms with E-state index >= 15 is 0 Å². The van der Waals surface area contributed by atoms with E-state index in [1.807, 2.05) is 6.92 Å². The molecule has 1 aromatic heterocycles. The third-order valence-electron chi connectivity index (χ3n) is 3.70. The zero-order valence-electron chi connectivity index (χ0n) is 15.1. The second kappa shape index (κ2) is 9.52. The lowest BCUT2D eigenvalue weighted by Gasteiger charge is -2.21. The minimum atomic E-state index is -0.701. The predicted octanol–water partition coefficient (Wildman–Crippen LogP) is 4.92. The number of halogens is 1. The highest BCUT2D eigenvalue weighted by molar-refractivity contribution is 6.45. The fraction of sp³-hybridized carbons (Fsp3) is 0.556. The van der Waals surface area contributed by atoms with Gasteiger partial charge in [0.25, 0.3) is 5.89 Å². The van der Waals surface area contributed by atoms with Crippen molar-refractivity contribution in [3.8, 4) is 0 Å². The van der Waals surface area contributed by atoms with E-state index in [-0.39, 0.29) is 17.6 Å². The maximum atomic E-state index is 7.88. The van der Waals surface area contributed by atoms with Crippen LogP contribution in [-0.2, 0) is 0 Å². The van der Waals surface area contributed by atoms with Gasteiger partial charge in [-0.15, -0.1) is 21.8 Å². The van der Waals surface area contributed by atoms with Crippen molar-refractivity contribution in [2.24, 2.45) is 10.9 Å². The van der Waals surface area contributed by atoms with E-state index in [4.69, 9.17) is 26.4 Å². The van der Waals surface area contributed by atoms with Crippen LogP contribution in [-0.4, -0.2) is 33.0 Å². The minimum absolute atomic E-state index is 0.0188. The fourth-order valence-corrected chi connectivity index (χ4v) is 2.66. The molecule has 0 fully saturated rings. The lowest BCUT2D eigenvalue weighted by molar-refractivity contribution is 0.529. The largest absolute Gasteiger partial charge is 0.416 e. The Hall–Kier alpha value is -1.75. The number of alkyl halides is 1. The van der Waals surface area contributed by atoms with Crippen LogP contribution in [0.5, 0.6) is 0 Å². The summed E-state index contributed by atoms with van der Waals surface area (Å²) < 4.78 is 5.55. The molecule has 1 rings (SSSR count). The molecule has 0 spiro atoms. The Morgan fingerprint density at radius 1 is 1.42 bits per heavy atom. The maximum Gasteiger partial charge on any atom is 0.263 e. The van der Waals surface area contributed by atoms with Gasteiger partial charge in [0.15, 0.2) is 0 Å². The van der Waals surface area contributed by atoms with Crippen LogP contribution in [0.2, 0.25) is 0 Å². The minimum Gasteiger partial charge on any atom is -0.416 e. The average molecular weight is 351 g/mol. The van der Waals surface area contributed by atoms with Crippen LogP contribution in [0.4, 0.5) is 0 Å². The van der Waals surface area contributed by atoms with Crippen molar-refractivity contribution < 1.29 is 4.42 Å². The van der Waals surface area contributed by atoms with Gasteiger partial charge >= 0.3 is 0 Å². The van der Waals surface area contributed by atoms with E-state index in [1.54, 1.807) is 6.92 Å². The summed E-state index contributed by atoms with van der Waals surface area (Å²) in [7, 11) is 0. The van der Waals surface area contributed by atoms with Gasteiger partial charge in [0.2, 0.25) is 5.89 Å². The predicted molar refractivity (Wildman–Crippen MR) is 101 cm³/mol. The number of rotatable bonds is 9. The van der Waals surface area contributed by atoms with Crippen LogP contribution in [0.3, 0.4) is 0 Å². The summed E-state index contributed by atoms with van der Waals surface area (Å²) in [6.45, 7) is 13.7.